The lowest BCUT2D eigenvalue weighted by Gasteiger charge is -2.39. The third-order valence-electron chi connectivity index (χ3n) is 4.76. The molecule has 0 aliphatic carbocycles. The third kappa shape index (κ3) is 6.06. The minimum atomic E-state index is -0.274. The Kier molecular flexibility index (Phi) is 7.41. The van der Waals surface area contributed by atoms with Crippen molar-refractivity contribution >= 4 is 12.0 Å². The number of hydrogen-bond donors (Lipinski definition) is 1. The normalized spacial score (nSPS) is 14.2. The number of rotatable bonds is 9. The van der Waals surface area contributed by atoms with E-state index in [2.05, 4.69) is 16.3 Å². The molecule has 7 heteroatoms. The lowest BCUT2D eigenvalue weighted by molar-refractivity contribution is -0.116. The number of halogens is 1. The molecule has 1 N–H and O–H groups in total. The van der Waals surface area contributed by atoms with Crippen molar-refractivity contribution in [2.24, 2.45) is 0 Å². The molecule has 1 amide bonds. The van der Waals surface area contributed by atoms with Crippen LogP contribution in [0.15, 0.2) is 48.5 Å². The summed E-state index contributed by atoms with van der Waals surface area (Å²) in [6.45, 7) is 3.07. The van der Waals surface area contributed by atoms with E-state index < -0.39 is 0 Å². The zero-order chi connectivity index (χ0) is 21.3. The average molecular weight is 409 g/mol. The van der Waals surface area contributed by atoms with Crippen LogP contribution in [0.2, 0.25) is 0 Å². The van der Waals surface area contributed by atoms with E-state index in [9.17, 15) is 9.18 Å². The summed E-state index contributed by atoms with van der Waals surface area (Å²) in [4.78, 5) is 14.3. The van der Waals surface area contributed by atoms with Crippen LogP contribution in [0, 0.1) is 17.1 Å². The summed E-state index contributed by atoms with van der Waals surface area (Å²) < 4.78 is 23.9. The summed E-state index contributed by atoms with van der Waals surface area (Å²) in [6.07, 6.45) is 4.03. The molecule has 0 bridgehead atoms. The van der Waals surface area contributed by atoms with Crippen molar-refractivity contribution in [3.05, 3.63) is 65.5 Å². The molecule has 3 rings (SSSR count). The molecule has 1 saturated heterocycles. The third-order valence-corrected chi connectivity index (χ3v) is 4.76. The van der Waals surface area contributed by atoms with Gasteiger partial charge in [0.25, 0.3) is 0 Å². The van der Waals surface area contributed by atoms with Gasteiger partial charge in [-0.3, -0.25) is 9.69 Å². The average Bonchev–Trinajstić information content (AvgIpc) is 2.74. The second kappa shape index (κ2) is 10.4. The zero-order valence-corrected chi connectivity index (χ0v) is 16.8. The fraction of sp³-hybridized carbons (Fsp3) is 0.304. The largest absolute Gasteiger partial charge is 0.496 e. The summed E-state index contributed by atoms with van der Waals surface area (Å²) >= 11 is 0. The number of ether oxygens (including phenoxy) is 2. The molecule has 30 heavy (non-hydrogen) atoms. The Morgan fingerprint density at radius 2 is 2.07 bits per heavy atom. The second-order valence-corrected chi connectivity index (χ2v) is 7.00. The number of likely N-dealkylation sites (tertiary alicyclic amines) is 1. The zero-order valence-electron chi connectivity index (χ0n) is 16.8. The highest BCUT2D eigenvalue weighted by atomic mass is 19.1. The first-order valence-electron chi connectivity index (χ1n) is 9.76. The Morgan fingerprint density at radius 1 is 1.30 bits per heavy atom. The van der Waals surface area contributed by atoms with Crippen LogP contribution in [-0.2, 0) is 4.79 Å². The molecule has 0 atom stereocenters. The molecule has 1 aliphatic heterocycles. The van der Waals surface area contributed by atoms with E-state index >= 15 is 0 Å². The summed E-state index contributed by atoms with van der Waals surface area (Å²) in [7, 11) is 1.55. The van der Waals surface area contributed by atoms with Crippen molar-refractivity contribution in [2.75, 3.05) is 33.3 Å². The lowest BCUT2D eigenvalue weighted by atomic mass is 10.1. The Balaban J connectivity index is 1.33. The molecule has 1 fully saturated rings. The Morgan fingerprint density at radius 3 is 2.77 bits per heavy atom. The van der Waals surface area contributed by atoms with Crippen LogP contribution in [0.25, 0.3) is 6.08 Å². The van der Waals surface area contributed by atoms with Gasteiger partial charge in [-0.1, -0.05) is 0 Å². The molecule has 2 aromatic rings. The van der Waals surface area contributed by atoms with Gasteiger partial charge in [0.1, 0.15) is 23.4 Å². The molecule has 0 saturated carbocycles. The van der Waals surface area contributed by atoms with Crippen molar-refractivity contribution in [1.29, 1.82) is 5.26 Å². The topological polar surface area (TPSA) is 74.6 Å². The molecule has 1 aliphatic rings. The van der Waals surface area contributed by atoms with Gasteiger partial charge in [0.2, 0.25) is 5.91 Å². The maximum absolute atomic E-state index is 12.9. The van der Waals surface area contributed by atoms with Crippen molar-refractivity contribution in [3.8, 4) is 17.6 Å². The van der Waals surface area contributed by atoms with E-state index in [-0.39, 0.29) is 17.8 Å². The smallest absolute Gasteiger partial charge is 0.244 e. The van der Waals surface area contributed by atoms with Gasteiger partial charge in [-0.15, -0.1) is 0 Å². The van der Waals surface area contributed by atoms with Crippen LogP contribution in [0.5, 0.6) is 11.5 Å². The summed E-state index contributed by atoms with van der Waals surface area (Å²) in [5, 5.41) is 11.9. The van der Waals surface area contributed by atoms with Crippen LogP contribution in [-0.4, -0.2) is 50.2 Å². The number of nitrogens with zero attached hydrogens (tertiary/aromatic N) is 2. The highest BCUT2D eigenvalue weighted by Gasteiger charge is 2.27. The van der Waals surface area contributed by atoms with Crippen LogP contribution in [0.1, 0.15) is 17.5 Å². The standard InChI is InChI=1S/C23H24FN3O3/c1-29-22-9-3-17(14-25)13-18(22)4-10-23(28)26-11-2-12-27-15-21(16-27)30-20-7-5-19(24)6-8-20/h3-10,13,21H,2,11-12,15-16H2,1H3,(H,26,28). The summed E-state index contributed by atoms with van der Waals surface area (Å²) in [6, 6.07) is 13.2. The number of benzene rings is 2. The number of nitrogens with one attached hydrogen (secondary N) is 1. The number of methoxy groups -OCH3 is 1. The van der Waals surface area contributed by atoms with E-state index in [4.69, 9.17) is 14.7 Å². The number of carbonyl (C=O) groups excluding carboxylic acids is 1. The lowest BCUT2D eigenvalue weighted by Crippen LogP contribution is -2.54. The fourth-order valence-electron chi connectivity index (χ4n) is 3.16. The number of amides is 1. The molecule has 1 heterocycles. The maximum atomic E-state index is 12.9. The minimum Gasteiger partial charge on any atom is -0.496 e. The first-order valence-corrected chi connectivity index (χ1v) is 9.76. The van der Waals surface area contributed by atoms with Gasteiger partial charge in [-0.2, -0.15) is 5.26 Å². The van der Waals surface area contributed by atoms with Gasteiger partial charge in [-0.05, 0) is 55.0 Å². The van der Waals surface area contributed by atoms with Crippen LogP contribution < -0.4 is 14.8 Å². The molecular weight excluding hydrogens is 385 g/mol. The Bertz CT molecular complexity index is 932. The number of carbonyl (C=O) groups is 1. The Labute approximate surface area is 175 Å². The minimum absolute atomic E-state index is 0.118. The van der Waals surface area contributed by atoms with Gasteiger partial charge in [0.05, 0.1) is 18.7 Å². The van der Waals surface area contributed by atoms with E-state index in [1.165, 1.54) is 18.2 Å². The van der Waals surface area contributed by atoms with E-state index in [1.54, 1.807) is 43.5 Å². The molecule has 0 unspecified atom stereocenters. The van der Waals surface area contributed by atoms with Crippen molar-refractivity contribution in [2.45, 2.75) is 12.5 Å². The van der Waals surface area contributed by atoms with Gasteiger partial charge in [-0.25, -0.2) is 4.39 Å². The highest BCUT2D eigenvalue weighted by Crippen LogP contribution is 2.21. The predicted octanol–water partition coefficient (Wildman–Crippen LogP) is 2.99. The molecule has 6 nitrogen and oxygen atoms in total. The summed E-state index contributed by atoms with van der Waals surface area (Å²) in [5.74, 6) is 0.815. The van der Waals surface area contributed by atoms with E-state index in [1.807, 2.05) is 0 Å². The van der Waals surface area contributed by atoms with Crippen molar-refractivity contribution < 1.29 is 18.7 Å². The monoisotopic (exact) mass is 409 g/mol. The predicted molar refractivity (Wildman–Crippen MR) is 112 cm³/mol. The van der Waals surface area contributed by atoms with Crippen molar-refractivity contribution in [1.82, 2.24) is 10.2 Å². The van der Waals surface area contributed by atoms with Crippen LogP contribution in [0.3, 0.4) is 0 Å². The van der Waals surface area contributed by atoms with E-state index in [0.717, 1.165) is 26.1 Å². The molecule has 0 aromatic heterocycles. The fourth-order valence-corrected chi connectivity index (χ4v) is 3.16. The maximum Gasteiger partial charge on any atom is 0.244 e. The van der Waals surface area contributed by atoms with Gasteiger partial charge in [0, 0.05) is 37.8 Å². The quantitative estimate of drug-likeness (QED) is 0.509. The van der Waals surface area contributed by atoms with Gasteiger partial charge in [0.15, 0.2) is 0 Å². The SMILES string of the molecule is COc1ccc(C#N)cc1C=CC(=O)NCCCN1CC(Oc2ccc(F)cc2)C1. The van der Waals surface area contributed by atoms with Gasteiger partial charge < -0.3 is 14.8 Å². The van der Waals surface area contributed by atoms with Crippen molar-refractivity contribution in [3.63, 3.8) is 0 Å². The first-order chi connectivity index (χ1) is 14.6. The van der Waals surface area contributed by atoms with Gasteiger partial charge >= 0.3 is 0 Å². The first kappa shape index (κ1) is 21.3. The molecular formula is C23H24FN3O3. The Hall–Kier alpha value is -3.37. The summed E-state index contributed by atoms with van der Waals surface area (Å²) in [5.41, 5.74) is 1.19. The highest BCUT2D eigenvalue weighted by molar-refractivity contribution is 5.92. The van der Waals surface area contributed by atoms with Crippen LogP contribution >= 0.6 is 0 Å². The molecule has 156 valence electrons. The number of nitriles is 1. The molecule has 2 aromatic carbocycles. The molecule has 0 spiro atoms. The van der Waals surface area contributed by atoms with E-state index in [0.29, 0.717) is 29.2 Å². The second-order valence-electron chi connectivity index (χ2n) is 7.00. The van der Waals surface area contributed by atoms with Crippen LogP contribution in [0.4, 0.5) is 4.39 Å². The number of hydrogen-bond acceptors (Lipinski definition) is 5. The molecule has 0 radical (unpaired) electrons.